The van der Waals surface area contributed by atoms with Gasteiger partial charge in [-0.2, -0.15) is 0 Å². The summed E-state index contributed by atoms with van der Waals surface area (Å²) in [5, 5.41) is 7.39. The summed E-state index contributed by atoms with van der Waals surface area (Å²) in [4.78, 5) is 15.9. The van der Waals surface area contributed by atoms with Gasteiger partial charge in [0.15, 0.2) is 17.5 Å². The monoisotopic (exact) mass is 990 g/mol. The molecule has 0 aliphatic rings. The van der Waals surface area contributed by atoms with Crippen molar-refractivity contribution < 1.29 is 0 Å². The van der Waals surface area contributed by atoms with Crippen LogP contribution in [-0.2, 0) is 0 Å². The second-order valence-electron chi connectivity index (χ2n) is 19.1. The number of thiophene rings is 2. The maximum absolute atomic E-state index is 5.38. The molecule has 0 saturated heterocycles. The van der Waals surface area contributed by atoms with Crippen LogP contribution in [0.15, 0.2) is 255 Å². The van der Waals surface area contributed by atoms with Crippen molar-refractivity contribution in [1.29, 1.82) is 0 Å². The van der Waals surface area contributed by atoms with Crippen molar-refractivity contribution in [3.8, 4) is 84.4 Å². The number of fused-ring (bicyclic) bond motifs is 9. The molecule has 0 aliphatic heterocycles. The summed E-state index contributed by atoms with van der Waals surface area (Å²) in [7, 11) is 0. The van der Waals surface area contributed by atoms with Crippen molar-refractivity contribution in [2.24, 2.45) is 0 Å². The lowest BCUT2D eigenvalue weighted by molar-refractivity contribution is 1.08. The van der Waals surface area contributed by atoms with Gasteiger partial charge in [0.2, 0.25) is 0 Å². The minimum atomic E-state index is 0.622. The van der Waals surface area contributed by atoms with Gasteiger partial charge in [0.25, 0.3) is 0 Å². The molecule has 0 bridgehead atoms. The number of nitrogens with zero attached hydrogens (tertiary/aromatic N) is 4. The highest BCUT2D eigenvalue weighted by Crippen LogP contribution is 2.45. The molecule has 6 heteroatoms. The van der Waals surface area contributed by atoms with Crippen LogP contribution in [0.2, 0.25) is 0 Å². The van der Waals surface area contributed by atoms with Gasteiger partial charge in [-0.25, -0.2) is 15.0 Å². The summed E-state index contributed by atoms with van der Waals surface area (Å²) >= 11 is 3.68. The van der Waals surface area contributed by atoms with E-state index in [9.17, 15) is 0 Å². The Morgan fingerprint density at radius 3 is 1.52 bits per heavy atom. The first-order valence-corrected chi connectivity index (χ1v) is 26.9. The molecule has 0 unspecified atom stereocenters. The zero-order chi connectivity index (χ0) is 49.4. The third kappa shape index (κ3) is 7.45. The van der Waals surface area contributed by atoms with Gasteiger partial charge in [0.1, 0.15) is 0 Å². The summed E-state index contributed by atoms with van der Waals surface area (Å²) < 4.78 is 7.47. The minimum Gasteiger partial charge on any atom is -0.308 e. The van der Waals surface area contributed by atoms with E-state index in [1.54, 1.807) is 0 Å². The second-order valence-corrected chi connectivity index (χ2v) is 21.2. The summed E-state index contributed by atoms with van der Waals surface area (Å²) in [5.74, 6) is 1.89. The summed E-state index contributed by atoms with van der Waals surface area (Å²) in [5.41, 5.74) is 15.6. The van der Waals surface area contributed by atoms with E-state index in [0.717, 1.165) is 49.9 Å². The van der Waals surface area contributed by atoms with Crippen LogP contribution in [0.5, 0.6) is 0 Å². The van der Waals surface area contributed by atoms with E-state index in [4.69, 9.17) is 15.0 Å². The van der Waals surface area contributed by atoms with Crippen LogP contribution in [0.3, 0.4) is 0 Å². The molecule has 0 N–H and O–H groups in total. The number of benzene rings is 11. The SMILES string of the molecule is c1ccc(-c2cc(-c3ccccc3)cc(-c3cccc(-c4nc(-c5ccccc5)nc(-c5cccc6sc7ccc(-c8ccc9c(c8)c8ccccc8n9-c8cccc9c8sc8ccccc89)cc7c56)n4)c3)c2)cc1. The molecule has 0 fully saturated rings. The maximum atomic E-state index is 5.38. The van der Waals surface area contributed by atoms with Crippen LogP contribution in [0.25, 0.3) is 147 Å². The van der Waals surface area contributed by atoms with Crippen molar-refractivity contribution in [3.05, 3.63) is 255 Å². The molecule has 15 rings (SSSR count). The Balaban J connectivity index is 0.863. The maximum Gasteiger partial charge on any atom is 0.164 e. The summed E-state index contributed by atoms with van der Waals surface area (Å²) in [6.45, 7) is 0. The van der Waals surface area contributed by atoms with Gasteiger partial charge in [-0.15, -0.1) is 22.7 Å². The topological polar surface area (TPSA) is 43.6 Å². The Bertz CT molecular complexity index is 4650. The van der Waals surface area contributed by atoms with E-state index >= 15 is 0 Å². The summed E-state index contributed by atoms with van der Waals surface area (Å²) in [6.07, 6.45) is 0. The second kappa shape index (κ2) is 17.7. The molecular formula is C69H42N4S2. The van der Waals surface area contributed by atoms with E-state index in [-0.39, 0.29) is 0 Å². The molecule has 0 atom stereocenters. The molecular weight excluding hydrogens is 949 g/mol. The average molecular weight is 991 g/mol. The van der Waals surface area contributed by atoms with Crippen LogP contribution >= 0.6 is 22.7 Å². The van der Waals surface area contributed by atoms with Crippen LogP contribution in [-0.4, -0.2) is 19.5 Å². The molecule has 0 amide bonds. The molecule has 4 aromatic heterocycles. The first-order valence-electron chi connectivity index (χ1n) is 25.2. The van der Waals surface area contributed by atoms with E-state index < -0.39 is 0 Å². The van der Waals surface area contributed by atoms with Crippen molar-refractivity contribution >= 4 is 84.8 Å². The third-order valence-electron chi connectivity index (χ3n) is 14.6. The van der Waals surface area contributed by atoms with Crippen LogP contribution in [0, 0.1) is 0 Å². The zero-order valence-corrected chi connectivity index (χ0v) is 42.0. The lowest BCUT2D eigenvalue weighted by Crippen LogP contribution is -2.00. The van der Waals surface area contributed by atoms with Crippen molar-refractivity contribution in [1.82, 2.24) is 19.5 Å². The van der Waals surface area contributed by atoms with Gasteiger partial charge in [0, 0.05) is 63.1 Å². The van der Waals surface area contributed by atoms with Gasteiger partial charge < -0.3 is 4.57 Å². The van der Waals surface area contributed by atoms with E-state index in [2.05, 4.69) is 241 Å². The lowest BCUT2D eigenvalue weighted by atomic mass is 9.93. The van der Waals surface area contributed by atoms with Gasteiger partial charge in [-0.3, -0.25) is 0 Å². The fraction of sp³-hybridized carbons (Fsp3) is 0. The van der Waals surface area contributed by atoms with E-state index in [0.29, 0.717) is 17.5 Å². The smallest absolute Gasteiger partial charge is 0.164 e. The van der Waals surface area contributed by atoms with Gasteiger partial charge >= 0.3 is 0 Å². The average Bonchev–Trinajstić information content (AvgIpc) is 4.18. The van der Waals surface area contributed by atoms with Crippen molar-refractivity contribution in [2.75, 3.05) is 0 Å². The molecule has 350 valence electrons. The molecule has 4 heterocycles. The predicted octanol–water partition coefficient (Wildman–Crippen LogP) is 19.4. The Labute approximate surface area is 440 Å². The van der Waals surface area contributed by atoms with Crippen LogP contribution in [0.4, 0.5) is 0 Å². The molecule has 0 radical (unpaired) electrons. The molecule has 15 aromatic rings. The van der Waals surface area contributed by atoms with E-state index in [1.165, 1.54) is 79.1 Å². The van der Waals surface area contributed by atoms with Crippen molar-refractivity contribution in [3.63, 3.8) is 0 Å². The Hall–Kier alpha value is -9.33. The highest BCUT2D eigenvalue weighted by atomic mass is 32.1. The summed E-state index contributed by atoms with van der Waals surface area (Å²) in [6, 6.07) is 91.7. The van der Waals surface area contributed by atoms with E-state index in [1.807, 2.05) is 40.9 Å². The van der Waals surface area contributed by atoms with Gasteiger partial charge in [0.05, 0.1) is 21.4 Å². The largest absolute Gasteiger partial charge is 0.308 e. The Morgan fingerprint density at radius 2 is 0.760 bits per heavy atom. The lowest BCUT2D eigenvalue weighted by Gasteiger charge is -2.13. The number of rotatable bonds is 8. The number of para-hydroxylation sites is 1. The minimum absolute atomic E-state index is 0.622. The number of hydrogen-bond donors (Lipinski definition) is 0. The third-order valence-corrected chi connectivity index (χ3v) is 17.0. The molecule has 4 nitrogen and oxygen atoms in total. The first kappa shape index (κ1) is 43.3. The highest BCUT2D eigenvalue weighted by molar-refractivity contribution is 7.26. The fourth-order valence-electron chi connectivity index (χ4n) is 11.1. The molecule has 0 saturated carbocycles. The van der Waals surface area contributed by atoms with Crippen molar-refractivity contribution in [2.45, 2.75) is 0 Å². The Morgan fingerprint density at radius 1 is 0.267 bits per heavy atom. The molecule has 0 aliphatic carbocycles. The quantitative estimate of drug-likeness (QED) is 0.152. The van der Waals surface area contributed by atoms with Crippen LogP contribution < -0.4 is 0 Å². The standard InChI is InChI=1S/C69H42N4S2/c1-4-17-43(18-5-1)50-38-51(44-19-6-2-7-20-44)40-52(39-50)46-23-14-24-49(37-46)68-70-67(45-21-8-3-9-22-45)71-69(72-68)56-28-16-32-64-65(56)58-42-48(34-36-63(58)74-64)47-33-35-60-57(41-47)53-25-10-12-29-59(53)73(60)61-30-15-27-55-54-26-11-13-31-62(54)75-66(55)61/h1-42H. The zero-order valence-electron chi connectivity index (χ0n) is 40.4. The fourth-order valence-corrected chi connectivity index (χ4v) is 13.4. The van der Waals surface area contributed by atoms with Gasteiger partial charge in [-0.1, -0.05) is 182 Å². The Kier molecular flexibility index (Phi) is 10.2. The number of hydrogen-bond acceptors (Lipinski definition) is 5. The normalized spacial score (nSPS) is 11.7. The first-order chi connectivity index (χ1) is 37.1. The highest BCUT2D eigenvalue weighted by Gasteiger charge is 2.21. The van der Waals surface area contributed by atoms with Crippen LogP contribution in [0.1, 0.15) is 0 Å². The number of aromatic nitrogens is 4. The van der Waals surface area contributed by atoms with Gasteiger partial charge in [-0.05, 0) is 117 Å². The predicted molar refractivity (Wildman–Crippen MR) is 318 cm³/mol. The molecule has 75 heavy (non-hydrogen) atoms. The molecule has 0 spiro atoms. The molecule has 11 aromatic carbocycles.